The highest BCUT2D eigenvalue weighted by Gasteiger charge is 2.32. The van der Waals surface area contributed by atoms with Crippen LogP contribution >= 0.6 is 0 Å². The van der Waals surface area contributed by atoms with Crippen LogP contribution in [-0.2, 0) is 4.74 Å². The summed E-state index contributed by atoms with van der Waals surface area (Å²) in [6.07, 6.45) is 6.13. The summed E-state index contributed by atoms with van der Waals surface area (Å²) in [5.41, 5.74) is 7.02. The van der Waals surface area contributed by atoms with E-state index in [1.807, 2.05) is 6.07 Å². The molecule has 0 unspecified atom stereocenters. The number of esters is 1. The van der Waals surface area contributed by atoms with Crippen molar-refractivity contribution in [1.29, 1.82) is 0 Å². The van der Waals surface area contributed by atoms with Crippen molar-refractivity contribution < 1.29 is 9.53 Å². The summed E-state index contributed by atoms with van der Waals surface area (Å²) in [4.78, 5) is 15.4. The smallest absolute Gasteiger partial charge is 0.356 e. The molecule has 5 nitrogen and oxygen atoms in total. The number of anilines is 1. The number of ether oxygens (including phenoxy) is 1. The van der Waals surface area contributed by atoms with E-state index in [0.29, 0.717) is 12.2 Å². The molecule has 3 N–H and O–H groups in total. The number of methoxy groups -OCH3 is 1. The van der Waals surface area contributed by atoms with Crippen LogP contribution in [0.4, 0.5) is 5.69 Å². The monoisotopic (exact) mass is 249 g/mol. The van der Waals surface area contributed by atoms with Gasteiger partial charge in [-0.15, -0.1) is 0 Å². The zero-order valence-corrected chi connectivity index (χ0v) is 10.6. The number of nitrogens with two attached hydrogens (primary N) is 1. The van der Waals surface area contributed by atoms with Gasteiger partial charge >= 0.3 is 5.97 Å². The molecule has 1 fully saturated rings. The van der Waals surface area contributed by atoms with E-state index in [2.05, 4.69) is 15.0 Å². The van der Waals surface area contributed by atoms with Crippen LogP contribution in [0.3, 0.4) is 0 Å². The lowest BCUT2D eigenvalue weighted by atomic mass is 9.97. The van der Waals surface area contributed by atoms with E-state index in [1.165, 1.54) is 20.0 Å². The maximum atomic E-state index is 11.4. The lowest BCUT2D eigenvalue weighted by molar-refractivity contribution is 0.0594. The van der Waals surface area contributed by atoms with Crippen LogP contribution in [0.1, 0.15) is 36.2 Å². The summed E-state index contributed by atoms with van der Waals surface area (Å²) in [6, 6.07) is 3.56. The average molecular weight is 249 g/mol. The number of hydrogen-bond donors (Lipinski definition) is 2. The minimum Gasteiger partial charge on any atom is -0.464 e. The molecule has 0 bridgehead atoms. The molecule has 0 radical (unpaired) electrons. The Morgan fingerprint density at radius 1 is 1.56 bits per heavy atom. The molecule has 1 aliphatic carbocycles. The molecule has 1 heterocycles. The van der Waals surface area contributed by atoms with Crippen LogP contribution in [0.5, 0.6) is 0 Å². The SMILES string of the molecule is COC(=O)c1cc(NC2(CN)CCCC2)ccn1. The molecular formula is C13H19N3O2. The van der Waals surface area contributed by atoms with Crippen molar-refractivity contribution in [2.45, 2.75) is 31.2 Å². The molecule has 5 heteroatoms. The van der Waals surface area contributed by atoms with Gasteiger partial charge in [-0.2, -0.15) is 0 Å². The average Bonchev–Trinajstić information content (AvgIpc) is 2.87. The Balaban J connectivity index is 2.16. The molecule has 0 spiro atoms. The molecular weight excluding hydrogens is 230 g/mol. The maximum Gasteiger partial charge on any atom is 0.356 e. The van der Waals surface area contributed by atoms with Crippen LogP contribution < -0.4 is 11.1 Å². The Labute approximate surface area is 107 Å². The Kier molecular flexibility index (Phi) is 3.81. The van der Waals surface area contributed by atoms with Gasteiger partial charge < -0.3 is 15.8 Å². The zero-order valence-electron chi connectivity index (χ0n) is 10.6. The molecule has 18 heavy (non-hydrogen) atoms. The molecule has 0 aromatic carbocycles. The molecule has 0 aliphatic heterocycles. The third kappa shape index (κ3) is 2.61. The zero-order chi connectivity index (χ0) is 13.0. The fourth-order valence-electron chi connectivity index (χ4n) is 2.46. The second-order valence-electron chi connectivity index (χ2n) is 4.74. The summed E-state index contributed by atoms with van der Waals surface area (Å²) in [5.74, 6) is -0.424. The molecule has 0 atom stereocenters. The second kappa shape index (κ2) is 5.35. The lowest BCUT2D eigenvalue weighted by Gasteiger charge is -2.30. The minimum atomic E-state index is -0.424. The summed E-state index contributed by atoms with van der Waals surface area (Å²) < 4.78 is 4.66. The van der Waals surface area contributed by atoms with Crippen molar-refractivity contribution in [2.75, 3.05) is 19.0 Å². The lowest BCUT2D eigenvalue weighted by Crippen LogP contribution is -2.42. The van der Waals surface area contributed by atoms with E-state index >= 15 is 0 Å². The number of nitrogens with zero attached hydrogens (tertiary/aromatic N) is 1. The first kappa shape index (κ1) is 12.8. The van der Waals surface area contributed by atoms with Gasteiger partial charge in [0.05, 0.1) is 7.11 Å². The number of carbonyl (C=O) groups is 1. The molecule has 1 aliphatic rings. The Morgan fingerprint density at radius 3 is 2.89 bits per heavy atom. The first-order chi connectivity index (χ1) is 8.69. The molecule has 1 aromatic rings. The second-order valence-corrected chi connectivity index (χ2v) is 4.74. The fourth-order valence-corrected chi connectivity index (χ4v) is 2.46. The van der Waals surface area contributed by atoms with Crippen LogP contribution in [-0.4, -0.2) is 30.1 Å². The van der Waals surface area contributed by atoms with E-state index in [0.717, 1.165) is 18.5 Å². The first-order valence-corrected chi connectivity index (χ1v) is 6.22. The third-order valence-electron chi connectivity index (χ3n) is 3.52. The maximum absolute atomic E-state index is 11.4. The van der Waals surface area contributed by atoms with E-state index in [4.69, 9.17) is 5.73 Å². The Bertz CT molecular complexity index is 428. The van der Waals surface area contributed by atoms with Crippen molar-refractivity contribution in [3.05, 3.63) is 24.0 Å². The van der Waals surface area contributed by atoms with Gasteiger partial charge in [0, 0.05) is 24.0 Å². The summed E-state index contributed by atoms with van der Waals surface area (Å²) in [5, 5.41) is 3.45. The quantitative estimate of drug-likeness (QED) is 0.792. The Morgan fingerprint density at radius 2 is 2.28 bits per heavy atom. The predicted molar refractivity (Wildman–Crippen MR) is 69.5 cm³/mol. The normalized spacial score (nSPS) is 17.4. The minimum absolute atomic E-state index is 0.0330. The molecule has 1 saturated carbocycles. The number of rotatable bonds is 4. The van der Waals surface area contributed by atoms with Crippen LogP contribution in [0, 0.1) is 0 Å². The summed E-state index contributed by atoms with van der Waals surface area (Å²) in [7, 11) is 1.35. The number of aromatic nitrogens is 1. The fraction of sp³-hybridized carbons (Fsp3) is 0.538. The van der Waals surface area contributed by atoms with E-state index < -0.39 is 5.97 Å². The molecule has 98 valence electrons. The van der Waals surface area contributed by atoms with E-state index in [1.54, 1.807) is 12.3 Å². The highest BCUT2D eigenvalue weighted by Crippen LogP contribution is 2.32. The molecule has 0 saturated heterocycles. The van der Waals surface area contributed by atoms with Gasteiger partial charge in [-0.25, -0.2) is 9.78 Å². The van der Waals surface area contributed by atoms with Crippen molar-refractivity contribution in [3.8, 4) is 0 Å². The molecule has 0 amide bonds. The Hall–Kier alpha value is -1.62. The number of pyridine rings is 1. The van der Waals surface area contributed by atoms with Crippen LogP contribution in [0.25, 0.3) is 0 Å². The summed E-state index contributed by atoms with van der Waals surface area (Å²) >= 11 is 0. The van der Waals surface area contributed by atoms with E-state index in [-0.39, 0.29) is 5.54 Å². The van der Waals surface area contributed by atoms with Gasteiger partial charge in [0.2, 0.25) is 0 Å². The predicted octanol–water partition coefficient (Wildman–Crippen LogP) is 1.55. The van der Waals surface area contributed by atoms with Crippen molar-refractivity contribution in [1.82, 2.24) is 4.98 Å². The van der Waals surface area contributed by atoms with Crippen molar-refractivity contribution in [2.24, 2.45) is 5.73 Å². The first-order valence-electron chi connectivity index (χ1n) is 6.22. The van der Waals surface area contributed by atoms with Gasteiger partial charge in [-0.05, 0) is 25.0 Å². The standard InChI is InChI=1S/C13H19N3O2/c1-18-12(17)11-8-10(4-7-15-11)16-13(9-14)5-2-3-6-13/h4,7-8H,2-3,5-6,9,14H2,1H3,(H,15,16). The van der Waals surface area contributed by atoms with Crippen molar-refractivity contribution in [3.63, 3.8) is 0 Å². The van der Waals surface area contributed by atoms with Gasteiger partial charge in [0.1, 0.15) is 5.69 Å². The molecule has 1 aromatic heterocycles. The van der Waals surface area contributed by atoms with Gasteiger partial charge in [0.15, 0.2) is 0 Å². The largest absolute Gasteiger partial charge is 0.464 e. The van der Waals surface area contributed by atoms with Crippen LogP contribution in [0.2, 0.25) is 0 Å². The van der Waals surface area contributed by atoms with Crippen LogP contribution in [0.15, 0.2) is 18.3 Å². The van der Waals surface area contributed by atoms with Crippen molar-refractivity contribution >= 4 is 11.7 Å². The number of carbonyl (C=O) groups excluding carboxylic acids is 1. The van der Waals surface area contributed by atoms with Gasteiger partial charge in [-0.3, -0.25) is 0 Å². The number of hydrogen-bond acceptors (Lipinski definition) is 5. The van der Waals surface area contributed by atoms with E-state index in [9.17, 15) is 4.79 Å². The third-order valence-corrected chi connectivity index (χ3v) is 3.52. The number of nitrogens with one attached hydrogen (secondary N) is 1. The molecule has 2 rings (SSSR count). The topological polar surface area (TPSA) is 77.2 Å². The van der Waals surface area contributed by atoms with Gasteiger partial charge in [0.25, 0.3) is 0 Å². The highest BCUT2D eigenvalue weighted by molar-refractivity contribution is 5.88. The van der Waals surface area contributed by atoms with Gasteiger partial charge in [-0.1, -0.05) is 12.8 Å². The summed E-state index contributed by atoms with van der Waals surface area (Å²) in [6.45, 7) is 0.600. The highest BCUT2D eigenvalue weighted by atomic mass is 16.5.